The van der Waals surface area contributed by atoms with Crippen molar-refractivity contribution < 1.29 is 28.6 Å². The third kappa shape index (κ3) is 48.0. The molecule has 0 N–H and O–H groups in total. The second kappa shape index (κ2) is 49.8. The molecule has 352 valence electrons. The van der Waals surface area contributed by atoms with Crippen LogP contribution in [0.5, 0.6) is 0 Å². The van der Waals surface area contributed by atoms with E-state index in [1.54, 1.807) is 0 Å². The Morgan fingerprint density at radius 3 is 1.07 bits per heavy atom. The number of ether oxygens (including phenoxy) is 3. The molecule has 61 heavy (non-hydrogen) atoms. The minimum Gasteiger partial charge on any atom is -0.462 e. The summed E-state index contributed by atoms with van der Waals surface area (Å²) in [4.78, 5) is 37.9. The molecule has 0 rings (SSSR count). The number of carbonyl (C=O) groups excluding carboxylic acids is 3. The molecule has 0 fully saturated rings. The third-order valence-electron chi connectivity index (χ3n) is 11.0. The average Bonchev–Trinajstić information content (AvgIpc) is 3.26. The van der Waals surface area contributed by atoms with Crippen molar-refractivity contribution in [2.45, 2.75) is 258 Å². The number of unbranched alkanes of at least 4 members (excludes halogenated alkanes) is 25. The zero-order chi connectivity index (χ0) is 44.4. The van der Waals surface area contributed by atoms with E-state index in [0.717, 1.165) is 103 Å². The smallest absolute Gasteiger partial charge is 0.306 e. The summed E-state index contributed by atoms with van der Waals surface area (Å²) in [6.07, 6.45) is 60.6. The van der Waals surface area contributed by atoms with Crippen LogP contribution in [0.1, 0.15) is 252 Å². The van der Waals surface area contributed by atoms with Gasteiger partial charge in [-0.1, -0.05) is 197 Å². The van der Waals surface area contributed by atoms with Crippen molar-refractivity contribution >= 4 is 17.9 Å². The third-order valence-corrected chi connectivity index (χ3v) is 11.0. The largest absolute Gasteiger partial charge is 0.462 e. The average molecular weight is 853 g/mol. The summed E-state index contributed by atoms with van der Waals surface area (Å²) in [7, 11) is 0. The van der Waals surface area contributed by atoms with Gasteiger partial charge in [0.1, 0.15) is 13.2 Å². The maximum atomic E-state index is 12.8. The minimum absolute atomic E-state index is 0.0859. The van der Waals surface area contributed by atoms with Crippen LogP contribution in [-0.4, -0.2) is 37.2 Å². The van der Waals surface area contributed by atoms with Crippen molar-refractivity contribution in [2.24, 2.45) is 0 Å². The fourth-order valence-electron chi connectivity index (χ4n) is 7.08. The van der Waals surface area contributed by atoms with Crippen LogP contribution in [0, 0.1) is 0 Å². The molecule has 0 saturated heterocycles. The van der Waals surface area contributed by atoms with Crippen LogP contribution in [0.2, 0.25) is 0 Å². The van der Waals surface area contributed by atoms with Crippen LogP contribution in [0.25, 0.3) is 0 Å². The van der Waals surface area contributed by atoms with Gasteiger partial charge in [0.15, 0.2) is 6.10 Å². The molecule has 0 aromatic carbocycles. The molecule has 0 aromatic heterocycles. The second-order valence-electron chi connectivity index (χ2n) is 17.0. The van der Waals surface area contributed by atoms with Crippen LogP contribution in [0.4, 0.5) is 0 Å². The van der Waals surface area contributed by atoms with E-state index in [1.807, 2.05) is 0 Å². The molecule has 0 heterocycles. The van der Waals surface area contributed by atoms with E-state index in [-0.39, 0.29) is 31.1 Å². The van der Waals surface area contributed by atoms with Gasteiger partial charge in [-0.15, -0.1) is 0 Å². The van der Waals surface area contributed by atoms with Crippen molar-refractivity contribution in [3.63, 3.8) is 0 Å². The summed E-state index contributed by atoms with van der Waals surface area (Å²) in [6.45, 7) is 6.46. The summed E-state index contributed by atoms with van der Waals surface area (Å²) in [5, 5.41) is 0. The monoisotopic (exact) mass is 853 g/mol. The highest BCUT2D eigenvalue weighted by Gasteiger charge is 2.19. The van der Waals surface area contributed by atoms with Gasteiger partial charge in [0.05, 0.1) is 0 Å². The molecule has 0 radical (unpaired) electrons. The summed E-state index contributed by atoms with van der Waals surface area (Å²) in [5.74, 6) is -0.914. The van der Waals surface area contributed by atoms with Crippen molar-refractivity contribution in [1.29, 1.82) is 0 Å². The Bertz CT molecular complexity index is 1120. The van der Waals surface area contributed by atoms with E-state index in [9.17, 15) is 14.4 Å². The molecule has 0 aliphatic rings. The molecule has 6 heteroatoms. The first-order valence-electron chi connectivity index (χ1n) is 25.8. The van der Waals surface area contributed by atoms with Crippen molar-refractivity contribution in [2.75, 3.05) is 13.2 Å². The van der Waals surface area contributed by atoms with Crippen LogP contribution in [0.3, 0.4) is 0 Å². The first-order chi connectivity index (χ1) is 30.0. The zero-order valence-corrected chi connectivity index (χ0v) is 40.2. The molecule has 0 saturated carbocycles. The van der Waals surface area contributed by atoms with E-state index in [2.05, 4.69) is 81.5 Å². The van der Waals surface area contributed by atoms with E-state index in [0.29, 0.717) is 19.3 Å². The number of hydrogen-bond acceptors (Lipinski definition) is 6. The van der Waals surface area contributed by atoms with Gasteiger partial charge >= 0.3 is 17.9 Å². The molecule has 0 bridgehead atoms. The Balaban J connectivity index is 4.39. The lowest BCUT2D eigenvalue weighted by Crippen LogP contribution is -2.30. The van der Waals surface area contributed by atoms with Gasteiger partial charge in [0.25, 0.3) is 0 Å². The van der Waals surface area contributed by atoms with E-state index < -0.39 is 6.10 Å². The minimum atomic E-state index is -0.786. The first kappa shape index (κ1) is 58.1. The van der Waals surface area contributed by atoms with E-state index >= 15 is 0 Å². The fourth-order valence-corrected chi connectivity index (χ4v) is 7.08. The number of carbonyl (C=O) groups is 3. The van der Waals surface area contributed by atoms with Gasteiger partial charge in [-0.3, -0.25) is 14.4 Å². The number of hydrogen-bond donors (Lipinski definition) is 0. The molecule has 6 nitrogen and oxygen atoms in total. The number of esters is 3. The van der Waals surface area contributed by atoms with E-state index in [4.69, 9.17) is 14.2 Å². The highest BCUT2D eigenvalue weighted by atomic mass is 16.6. The molecule has 0 aliphatic carbocycles. The Hall–Kier alpha value is -2.89. The summed E-state index contributed by atoms with van der Waals surface area (Å²) in [6, 6.07) is 0. The summed E-state index contributed by atoms with van der Waals surface area (Å²) >= 11 is 0. The molecule has 0 unspecified atom stereocenters. The second-order valence-corrected chi connectivity index (χ2v) is 17.0. The number of allylic oxidation sites excluding steroid dienone is 10. The summed E-state index contributed by atoms with van der Waals surface area (Å²) in [5.41, 5.74) is 0. The highest BCUT2D eigenvalue weighted by molar-refractivity contribution is 5.71. The maximum absolute atomic E-state index is 12.8. The first-order valence-corrected chi connectivity index (χ1v) is 25.8. The molecule has 0 aliphatic heterocycles. The Kier molecular flexibility index (Phi) is 47.4. The predicted octanol–water partition coefficient (Wildman–Crippen LogP) is 16.9. The molecule has 1 atom stereocenters. The topological polar surface area (TPSA) is 78.9 Å². The predicted molar refractivity (Wildman–Crippen MR) is 261 cm³/mol. The van der Waals surface area contributed by atoms with Gasteiger partial charge in [-0.2, -0.15) is 0 Å². The summed E-state index contributed by atoms with van der Waals surface area (Å²) < 4.78 is 16.8. The number of rotatable bonds is 46. The van der Waals surface area contributed by atoms with Crippen LogP contribution >= 0.6 is 0 Å². The molecular formula is C55H96O6. The SMILES string of the molecule is CC/C=C\C/C=C\C/C=C\CCCCCCCC(=O)O[C@@H](COC(=O)CCCCCCC/C=C\CCCC)COC(=O)CCCCCCCCC/C=C\CCCCCCCC. The van der Waals surface area contributed by atoms with Crippen LogP contribution in [-0.2, 0) is 28.6 Å². The molecule has 0 amide bonds. The Morgan fingerprint density at radius 2 is 0.656 bits per heavy atom. The van der Waals surface area contributed by atoms with Crippen LogP contribution < -0.4 is 0 Å². The van der Waals surface area contributed by atoms with Crippen molar-refractivity contribution in [1.82, 2.24) is 0 Å². The van der Waals surface area contributed by atoms with Gasteiger partial charge in [-0.05, 0) is 96.3 Å². The van der Waals surface area contributed by atoms with Crippen molar-refractivity contribution in [3.8, 4) is 0 Å². The lowest BCUT2D eigenvalue weighted by Gasteiger charge is -2.18. The fraction of sp³-hybridized carbons (Fsp3) is 0.764. The quantitative estimate of drug-likeness (QED) is 0.0263. The van der Waals surface area contributed by atoms with Gasteiger partial charge in [-0.25, -0.2) is 0 Å². The maximum Gasteiger partial charge on any atom is 0.306 e. The zero-order valence-electron chi connectivity index (χ0n) is 40.2. The molecule has 0 spiro atoms. The highest BCUT2D eigenvalue weighted by Crippen LogP contribution is 2.14. The van der Waals surface area contributed by atoms with E-state index in [1.165, 1.54) is 109 Å². The van der Waals surface area contributed by atoms with Gasteiger partial charge in [0.2, 0.25) is 0 Å². The van der Waals surface area contributed by atoms with Crippen LogP contribution in [0.15, 0.2) is 60.8 Å². The van der Waals surface area contributed by atoms with Crippen molar-refractivity contribution in [3.05, 3.63) is 60.8 Å². The normalized spacial score (nSPS) is 12.5. The Labute approximate surface area is 377 Å². The molecule has 0 aromatic rings. The standard InChI is InChI=1S/C55H96O6/c1-4-7-10-13-16-19-22-24-26-27-29-30-33-36-39-42-45-48-54(57)60-51-52(50-59-53(56)47-44-41-38-35-32-21-18-15-12-9-6-3)61-55(58)49-46-43-40-37-34-31-28-25-23-20-17-14-11-8-5-2/h8,11,15,17-18,20,24-26,28,52H,4-7,9-10,12-14,16,19,21-23,27,29-51H2,1-3H3/b11-8-,18-15-,20-17-,26-24-,28-25-/t52-/m0/s1. The lowest BCUT2D eigenvalue weighted by atomic mass is 10.1. The van der Waals surface area contributed by atoms with Gasteiger partial charge < -0.3 is 14.2 Å². The van der Waals surface area contributed by atoms with Gasteiger partial charge in [0, 0.05) is 19.3 Å². The molecular weight excluding hydrogens is 757 g/mol. The lowest BCUT2D eigenvalue weighted by molar-refractivity contribution is -0.167. The Morgan fingerprint density at radius 1 is 0.344 bits per heavy atom.